The van der Waals surface area contributed by atoms with Gasteiger partial charge < -0.3 is 19.9 Å². The van der Waals surface area contributed by atoms with Crippen molar-refractivity contribution in [2.45, 2.75) is 64.3 Å². The van der Waals surface area contributed by atoms with Gasteiger partial charge in [0.1, 0.15) is 5.41 Å². The number of amides is 3. The minimum absolute atomic E-state index is 0.0266. The van der Waals surface area contributed by atoms with E-state index in [-0.39, 0.29) is 36.5 Å². The van der Waals surface area contributed by atoms with Crippen molar-refractivity contribution < 1.29 is 23.9 Å². The second-order valence-electron chi connectivity index (χ2n) is 10.1. The van der Waals surface area contributed by atoms with Gasteiger partial charge in [-0.3, -0.25) is 19.2 Å². The fraction of sp³-hybridized carbons (Fsp3) is 0.571. The summed E-state index contributed by atoms with van der Waals surface area (Å²) in [6.07, 6.45) is 7.72. The highest BCUT2D eigenvalue weighted by Crippen LogP contribution is 2.49. The minimum Gasteiger partial charge on any atom is -0.468 e. The molecule has 4 rings (SSSR count). The molecule has 2 saturated heterocycles. The molecule has 3 amide bonds. The van der Waals surface area contributed by atoms with E-state index in [9.17, 15) is 19.2 Å². The number of carbonyl (C=O) groups is 4. The van der Waals surface area contributed by atoms with Crippen LogP contribution in [0.1, 0.15) is 63.4 Å². The Bertz CT molecular complexity index is 1010. The van der Waals surface area contributed by atoms with E-state index in [0.717, 1.165) is 43.5 Å². The number of nitrogens with zero attached hydrogens (tertiary/aromatic N) is 2. The van der Waals surface area contributed by atoms with Gasteiger partial charge in [0.05, 0.1) is 13.7 Å². The van der Waals surface area contributed by atoms with Crippen molar-refractivity contribution in [2.75, 3.05) is 26.7 Å². The highest BCUT2D eigenvalue weighted by atomic mass is 16.5. The molecule has 0 bridgehead atoms. The molecule has 3 aliphatic rings. The van der Waals surface area contributed by atoms with E-state index in [1.807, 2.05) is 41.3 Å². The van der Waals surface area contributed by atoms with Crippen molar-refractivity contribution in [3.63, 3.8) is 0 Å². The first-order valence-corrected chi connectivity index (χ1v) is 13.1. The van der Waals surface area contributed by atoms with E-state index >= 15 is 0 Å². The summed E-state index contributed by atoms with van der Waals surface area (Å²) in [4.78, 5) is 55.2. The van der Waals surface area contributed by atoms with Gasteiger partial charge in [-0.25, -0.2) is 0 Å². The number of carbonyl (C=O) groups excluding carboxylic acids is 4. The van der Waals surface area contributed by atoms with Crippen LogP contribution in [0.5, 0.6) is 0 Å². The maximum absolute atomic E-state index is 13.7. The Balaban J connectivity index is 1.48. The van der Waals surface area contributed by atoms with Gasteiger partial charge in [-0.15, -0.1) is 0 Å². The van der Waals surface area contributed by atoms with Crippen molar-refractivity contribution in [2.24, 2.45) is 11.3 Å². The van der Waals surface area contributed by atoms with Crippen molar-refractivity contribution in [1.82, 2.24) is 15.1 Å². The third-order valence-electron chi connectivity index (χ3n) is 7.68. The van der Waals surface area contributed by atoms with Crippen LogP contribution in [0.2, 0.25) is 0 Å². The lowest BCUT2D eigenvalue weighted by Gasteiger charge is -2.46. The zero-order valence-corrected chi connectivity index (χ0v) is 21.2. The molecule has 0 radical (unpaired) electrons. The molecule has 0 spiro atoms. The fourth-order valence-corrected chi connectivity index (χ4v) is 5.86. The number of rotatable bonds is 9. The first-order chi connectivity index (χ1) is 17.4. The molecule has 2 fully saturated rings. The average Bonchev–Trinajstić information content (AvgIpc) is 3.17. The fourth-order valence-electron chi connectivity index (χ4n) is 5.86. The predicted molar refractivity (Wildman–Crippen MR) is 134 cm³/mol. The van der Waals surface area contributed by atoms with Crippen LogP contribution in [-0.2, 0) is 30.5 Å². The molecule has 36 heavy (non-hydrogen) atoms. The monoisotopic (exact) mass is 495 g/mol. The van der Waals surface area contributed by atoms with Gasteiger partial charge in [0.2, 0.25) is 17.7 Å². The Morgan fingerprint density at radius 1 is 1.14 bits per heavy atom. The summed E-state index contributed by atoms with van der Waals surface area (Å²) >= 11 is 0. The number of likely N-dealkylation sites (tertiary alicyclic amines) is 2. The molecule has 0 saturated carbocycles. The molecule has 1 aliphatic carbocycles. The van der Waals surface area contributed by atoms with Crippen molar-refractivity contribution in [1.29, 1.82) is 0 Å². The van der Waals surface area contributed by atoms with Crippen LogP contribution in [0.3, 0.4) is 0 Å². The first kappa shape index (κ1) is 25.9. The maximum atomic E-state index is 13.7. The van der Waals surface area contributed by atoms with Gasteiger partial charge in [-0.2, -0.15) is 0 Å². The zero-order chi connectivity index (χ0) is 25.5. The second kappa shape index (κ2) is 11.7. The number of nitrogens with one attached hydrogen (secondary N) is 1. The Morgan fingerprint density at radius 2 is 1.94 bits per heavy atom. The second-order valence-corrected chi connectivity index (χ2v) is 10.1. The lowest BCUT2D eigenvalue weighted by atomic mass is 9.69. The van der Waals surface area contributed by atoms with Gasteiger partial charge in [0, 0.05) is 44.1 Å². The molecule has 2 aliphatic heterocycles. The lowest BCUT2D eigenvalue weighted by Crippen LogP contribution is -2.53. The Morgan fingerprint density at radius 3 is 2.67 bits per heavy atom. The number of allylic oxidation sites excluding steroid dienone is 1. The van der Waals surface area contributed by atoms with E-state index < -0.39 is 11.3 Å². The molecule has 1 aromatic rings. The van der Waals surface area contributed by atoms with Gasteiger partial charge in [0.15, 0.2) is 0 Å². The summed E-state index contributed by atoms with van der Waals surface area (Å²) in [6.45, 7) is 2.22. The number of methoxy groups -OCH3 is 1. The number of fused-ring (bicyclic) bond motifs is 1. The maximum Gasteiger partial charge on any atom is 0.317 e. The minimum atomic E-state index is -0.922. The number of benzene rings is 1. The standard InChI is InChI=1S/C28H37N3O5/c1-36-27(35)28-14-7-3-6-12-23(28)31(20-21-10-4-2-5-11-21)26(34)22(19-28)18-24(32)29-15-9-17-30-16-8-13-25(30)33/h2,4-5,10-12,22H,3,6-9,13-20H2,1H3,(H,29,32)/t22-,28+/m1/s1. The summed E-state index contributed by atoms with van der Waals surface area (Å²) in [5, 5.41) is 2.92. The van der Waals surface area contributed by atoms with Crippen LogP contribution in [0.4, 0.5) is 0 Å². The van der Waals surface area contributed by atoms with E-state index in [4.69, 9.17) is 4.74 Å². The quantitative estimate of drug-likeness (QED) is 0.419. The van der Waals surface area contributed by atoms with Crippen LogP contribution >= 0.6 is 0 Å². The van der Waals surface area contributed by atoms with Gasteiger partial charge in [-0.05, 0) is 44.1 Å². The summed E-state index contributed by atoms with van der Waals surface area (Å²) in [6, 6.07) is 9.72. The topological polar surface area (TPSA) is 96.0 Å². The van der Waals surface area contributed by atoms with Crippen LogP contribution in [0.25, 0.3) is 0 Å². The SMILES string of the molecule is COC(=O)[C@]12CCCCC=C1N(Cc1ccccc1)C(=O)[C@H](CC(=O)NCCCN1CCCC1=O)C2. The Kier molecular flexibility index (Phi) is 8.44. The highest BCUT2D eigenvalue weighted by Gasteiger charge is 2.53. The van der Waals surface area contributed by atoms with E-state index in [1.54, 1.807) is 4.90 Å². The highest BCUT2D eigenvalue weighted by molar-refractivity contribution is 5.92. The lowest BCUT2D eigenvalue weighted by molar-refractivity contribution is -0.160. The molecule has 2 heterocycles. The Labute approximate surface area is 213 Å². The summed E-state index contributed by atoms with van der Waals surface area (Å²) < 4.78 is 5.28. The van der Waals surface area contributed by atoms with E-state index in [2.05, 4.69) is 5.32 Å². The van der Waals surface area contributed by atoms with Gasteiger partial charge in [-0.1, -0.05) is 42.8 Å². The first-order valence-electron chi connectivity index (χ1n) is 13.1. The molecular weight excluding hydrogens is 458 g/mol. The van der Waals surface area contributed by atoms with Crippen LogP contribution in [0, 0.1) is 11.3 Å². The summed E-state index contributed by atoms with van der Waals surface area (Å²) in [5.41, 5.74) is 0.776. The number of ether oxygens (including phenoxy) is 1. The van der Waals surface area contributed by atoms with Gasteiger partial charge >= 0.3 is 5.97 Å². The number of esters is 1. The molecule has 194 valence electrons. The van der Waals surface area contributed by atoms with E-state index in [1.165, 1.54) is 7.11 Å². The van der Waals surface area contributed by atoms with Gasteiger partial charge in [0.25, 0.3) is 0 Å². The molecule has 1 aromatic carbocycles. The average molecular weight is 496 g/mol. The number of hydrogen-bond donors (Lipinski definition) is 1. The Hall–Kier alpha value is -3.16. The zero-order valence-electron chi connectivity index (χ0n) is 21.2. The van der Waals surface area contributed by atoms with Crippen molar-refractivity contribution >= 4 is 23.7 Å². The summed E-state index contributed by atoms with van der Waals surface area (Å²) in [7, 11) is 1.39. The van der Waals surface area contributed by atoms with Crippen LogP contribution in [0.15, 0.2) is 42.1 Å². The molecule has 1 N–H and O–H groups in total. The molecular formula is C28H37N3O5. The van der Waals surface area contributed by atoms with E-state index in [0.29, 0.717) is 38.9 Å². The predicted octanol–water partition coefficient (Wildman–Crippen LogP) is 3.17. The number of hydrogen-bond acceptors (Lipinski definition) is 5. The molecule has 8 heteroatoms. The molecule has 2 atom stereocenters. The third kappa shape index (κ3) is 5.63. The molecule has 0 unspecified atom stereocenters. The number of piperidine rings is 1. The van der Waals surface area contributed by atoms with Crippen molar-refractivity contribution in [3.05, 3.63) is 47.7 Å². The normalized spacial score (nSPS) is 24.1. The smallest absolute Gasteiger partial charge is 0.317 e. The third-order valence-corrected chi connectivity index (χ3v) is 7.68. The van der Waals surface area contributed by atoms with Crippen LogP contribution < -0.4 is 5.32 Å². The molecule has 0 aromatic heterocycles. The van der Waals surface area contributed by atoms with Crippen molar-refractivity contribution in [3.8, 4) is 0 Å². The largest absolute Gasteiger partial charge is 0.468 e. The van der Waals surface area contributed by atoms with Crippen LogP contribution in [-0.4, -0.2) is 60.2 Å². The summed E-state index contributed by atoms with van der Waals surface area (Å²) in [5.74, 6) is -1.09. The molecule has 8 nitrogen and oxygen atoms in total.